The predicted molar refractivity (Wildman–Crippen MR) is 144 cm³/mol. The lowest BCUT2D eigenvalue weighted by molar-refractivity contribution is -0.136. The Bertz CT molecular complexity index is 1660. The maximum atomic E-state index is 12.7. The number of nitrogens with zero attached hydrogens (tertiary/aromatic N) is 1. The van der Waals surface area contributed by atoms with Crippen LogP contribution in [0.25, 0.3) is 21.5 Å². The summed E-state index contributed by atoms with van der Waals surface area (Å²) in [7, 11) is 0. The minimum absolute atomic E-state index is 0.269. The number of carbonyl (C=O) groups is 3. The van der Waals surface area contributed by atoms with Gasteiger partial charge in [0.05, 0.1) is 11.8 Å². The molecule has 180 valence electrons. The quantitative estimate of drug-likeness (QED) is 0.116. The minimum Gasteiger partial charge on any atom is -0.422 e. The highest BCUT2D eigenvalue weighted by Crippen LogP contribution is 2.27. The van der Waals surface area contributed by atoms with Crippen molar-refractivity contribution < 1.29 is 19.1 Å². The summed E-state index contributed by atoms with van der Waals surface area (Å²) in [6.07, 6.45) is 1.36. The number of rotatable bonds is 5. The van der Waals surface area contributed by atoms with Gasteiger partial charge in [0, 0.05) is 16.6 Å². The molecule has 0 fully saturated rings. The maximum absolute atomic E-state index is 12.7. The van der Waals surface area contributed by atoms with Crippen LogP contribution in [-0.2, 0) is 9.59 Å². The van der Waals surface area contributed by atoms with Crippen LogP contribution in [0.1, 0.15) is 15.9 Å². The number of nitrogens with one attached hydrogen (secondary N) is 2. The van der Waals surface area contributed by atoms with Crippen LogP contribution in [0.4, 0.5) is 5.69 Å². The van der Waals surface area contributed by atoms with Gasteiger partial charge >= 0.3 is 17.8 Å². The molecule has 0 aromatic heterocycles. The molecule has 0 spiro atoms. The van der Waals surface area contributed by atoms with Crippen LogP contribution in [0, 0.1) is 0 Å². The zero-order valence-corrected chi connectivity index (χ0v) is 19.5. The second kappa shape index (κ2) is 10.5. The van der Waals surface area contributed by atoms with Crippen molar-refractivity contribution in [3.05, 3.63) is 120 Å². The number of ether oxygens (including phenoxy) is 1. The third kappa shape index (κ3) is 5.21. The summed E-state index contributed by atoms with van der Waals surface area (Å²) in [6, 6.07) is 32.6. The summed E-state index contributed by atoms with van der Waals surface area (Å²) in [5.74, 6) is -2.05. The highest BCUT2D eigenvalue weighted by atomic mass is 16.5. The number of hydrogen-bond donors (Lipinski definition) is 2. The fourth-order valence-corrected chi connectivity index (χ4v) is 3.95. The van der Waals surface area contributed by atoms with Gasteiger partial charge in [-0.15, -0.1) is 0 Å². The molecule has 7 nitrogen and oxygen atoms in total. The van der Waals surface area contributed by atoms with Crippen LogP contribution in [0.3, 0.4) is 0 Å². The van der Waals surface area contributed by atoms with E-state index in [0.717, 1.165) is 21.5 Å². The number of hydrazone groups is 1. The monoisotopic (exact) mass is 487 g/mol. The summed E-state index contributed by atoms with van der Waals surface area (Å²) < 4.78 is 5.64. The second-order valence-electron chi connectivity index (χ2n) is 8.13. The van der Waals surface area contributed by atoms with Crippen molar-refractivity contribution in [2.24, 2.45) is 5.10 Å². The van der Waals surface area contributed by atoms with E-state index in [1.165, 1.54) is 6.21 Å². The number of amides is 2. The molecule has 2 N–H and O–H groups in total. The third-order valence-corrected chi connectivity index (χ3v) is 5.75. The fourth-order valence-electron chi connectivity index (χ4n) is 3.95. The normalized spacial score (nSPS) is 10.9. The van der Waals surface area contributed by atoms with Gasteiger partial charge in [0.15, 0.2) is 0 Å². The van der Waals surface area contributed by atoms with E-state index in [9.17, 15) is 14.4 Å². The molecule has 5 rings (SSSR count). The van der Waals surface area contributed by atoms with E-state index in [1.807, 2.05) is 66.7 Å². The van der Waals surface area contributed by atoms with Crippen molar-refractivity contribution >= 4 is 51.2 Å². The smallest absolute Gasteiger partial charge is 0.343 e. The Morgan fingerprint density at radius 2 is 1.30 bits per heavy atom. The van der Waals surface area contributed by atoms with Crippen LogP contribution in [0.5, 0.6) is 5.75 Å². The summed E-state index contributed by atoms with van der Waals surface area (Å²) in [5, 5.41) is 10.0. The molecule has 5 aromatic carbocycles. The largest absolute Gasteiger partial charge is 0.422 e. The van der Waals surface area contributed by atoms with Gasteiger partial charge in [0.1, 0.15) is 5.75 Å². The molecule has 0 aliphatic heterocycles. The lowest BCUT2D eigenvalue weighted by atomic mass is 10.0. The van der Waals surface area contributed by atoms with Crippen LogP contribution in [0.2, 0.25) is 0 Å². The van der Waals surface area contributed by atoms with E-state index in [4.69, 9.17) is 4.74 Å². The molecule has 7 heteroatoms. The van der Waals surface area contributed by atoms with Crippen LogP contribution in [-0.4, -0.2) is 24.0 Å². The third-order valence-electron chi connectivity index (χ3n) is 5.75. The molecule has 0 atom stereocenters. The molecular formula is C30H21N3O4. The maximum Gasteiger partial charge on any atom is 0.343 e. The Balaban J connectivity index is 1.35. The Morgan fingerprint density at radius 1 is 0.649 bits per heavy atom. The van der Waals surface area contributed by atoms with Gasteiger partial charge in [-0.25, -0.2) is 10.2 Å². The Hall–Kier alpha value is -5.30. The number of hydrogen-bond acceptors (Lipinski definition) is 5. The van der Waals surface area contributed by atoms with Crippen molar-refractivity contribution in [3.8, 4) is 5.75 Å². The Kier molecular flexibility index (Phi) is 6.67. The first-order chi connectivity index (χ1) is 18.1. The van der Waals surface area contributed by atoms with E-state index >= 15 is 0 Å². The van der Waals surface area contributed by atoms with Crippen molar-refractivity contribution in [2.75, 3.05) is 5.32 Å². The van der Waals surface area contributed by atoms with Crippen LogP contribution in [0.15, 0.2) is 114 Å². The summed E-state index contributed by atoms with van der Waals surface area (Å²) in [5.41, 5.74) is 3.66. The van der Waals surface area contributed by atoms with E-state index in [2.05, 4.69) is 15.8 Å². The van der Waals surface area contributed by atoms with Crippen molar-refractivity contribution in [2.45, 2.75) is 0 Å². The zero-order chi connectivity index (χ0) is 25.6. The molecule has 0 bridgehead atoms. The van der Waals surface area contributed by atoms with Crippen LogP contribution >= 0.6 is 0 Å². The summed E-state index contributed by atoms with van der Waals surface area (Å²) >= 11 is 0. The lowest BCUT2D eigenvalue weighted by Gasteiger charge is -2.11. The van der Waals surface area contributed by atoms with Gasteiger partial charge < -0.3 is 10.1 Å². The van der Waals surface area contributed by atoms with E-state index in [-0.39, 0.29) is 5.75 Å². The topological polar surface area (TPSA) is 96.9 Å². The minimum atomic E-state index is -0.938. The van der Waals surface area contributed by atoms with Crippen molar-refractivity contribution in [1.82, 2.24) is 5.43 Å². The molecule has 0 saturated heterocycles. The number of benzene rings is 5. The Labute approximate surface area is 212 Å². The molecular weight excluding hydrogens is 466 g/mol. The molecule has 5 aromatic rings. The van der Waals surface area contributed by atoms with Gasteiger partial charge in [-0.2, -0.15) is 5.10 Å². The first-order valence-electron chi connectivity index (χ1n) is 11.5. The lowest BCUT2D eigenvalue weighted by Crippen LogP contribution is -2.32. The first-order valence-corrected chi connectivity index (χ1v) is 11.5. The SMILES string of the molecule is O=C(N/N=C\c1c(OC(=O)c2ccccc2)ccc2ccccc12)C(=O)Nc1cccc2ccccc12. The average Bonchev–Trinajstić information content (AvgIpc) is 2.94. The van der Waals surface area contributed by atoms with Crippen molar-refractivity contribution in [3.63, 3.8) is 0 Å². The van der Waals surface area contributed by atoms with Crippen LogP contribution < -0.4 is 15.5 Å². The van der Waals surface area contributed by atoms with Gasteiger partial charge in [-0.05, 0) is 40.4 Å². The highest BCUT2D eigenvalue weighted by Gasteiger charge is 2.16. The van der Waals surface area contributed by atoms with E-state index in [0.29, 0.717) is 16.8 Å². The van der Waals surface area contributed by atoms with E-state index < -0.39 is 17.8 Å². The molecule has 0 aliphatic rings. The Morgan fingerprint density at radius 3 is 2.08 bits per heavy atom. The second-order valence-corrected chi connectivity index (χ2v) is 8.13. The molecule has 2 amide bonds. The van der Waals surface area contributed by atoms with Gasteiger partial charge in [-0.3, -0.25) is 9.59 Å². The molecule has 0 heterocycles. The molecule has 37 heavy (non-hydrogen) atoms. The summed E-state index contributed by atoms with van der Waals surface area (Å²) in [4.78, 5) is 37.6. The van der Waals surface area contributed by atoms with Gasteiger partial charge in [0.25, 0.3) is 0 Å². The standard InChI is InChI=1S/C30H21N3O4/c34-28(32-26-16-8-13-20-9-5-7-15-24(20)26)29(35)33-31-19-25-23-14-6-4-10-21(23)17-18-27(25)37-30(36)22-11-2-1-3-12-22/h1-19H,(H,32,34)(H,33,35)/b31-19-. The highest BCUT2D eigenvalue weighted by molar-refractivity contribution is 6.40. The van der Waals surface area contributed by atoms with Crippen molar-refractivity contribution in [1.29, 1.82) is 0 Å². The van der Waals surface area contributed by atoms with Gasteiger partial charge in [0.2, 0.25) is 0 Å². The number of esters is 1. The first kappa shape index (κ1) is 23.4. The summed E-state index contributed by atoms with van der Waals surface area (Å²) in [6.45, 7) is 0. The molecule has 0 unspecified atom stereocenters. The number of fused-ring (bicyclic) bond motifs is 2. The number of carbonyl (C=O) groups excluding carboxylic acids is 3. The van der Waals surface area contributed by atoms with Gasteiger partial charge in [-0.1, -0.05) is 84.9 Å². The molecule has 0 radical (unpaired) electrons. The zero-order valence-electron chi connectivity index (χ0n) is 19.5. The average molecular weight is 488 g/mol. The fraction of sp³-hybridized carbons (Fsp3) is 0. The number of anilines is 1. The van der Waals surface area contributed by atoms with E-state index in [1.54, 1.807) is 42.5 Å². The molecule has 0 aliphatic carbocycles. The molecule has 0 saturated carbocycles. The predicted octanol–water partition coefficient (Wildman–Crippen LogP) is 5.30.